The van der Waals surface area contributed by atoms with E-state index in [0.29, 0.717) is 17.3 Å². The lowest BCUT2D eigenvalue weighted by atomic mass is 10.1. The van der Waals surface area contributed by atoms with Crippen LogP contribution in [0.3, 0.4) is 0 Å². The van der Waals surface area contributed by atoms with Gasteiger partial charge in [-0.1, -0.05) is 11.6 Å². The molecule has 3 nitrogen and oxygen atoms in total. The SMILES string of the molecule is COc1cc(C)c(CNO)cc1Cl. The fourth-order valence-electron chi connectivity index (χ4n) is 1.13. The van der Waals surface area contributed by atoms with E-state index in [1.54, 1.807) is 13.2 Å². The normalized spacial score (nSPS) is 10.2. The van der Waals surface area contributed by atoms with Crippen LogP contribution in [0.1, 0.15) is 11.1 Å². The van der Waals surface area contributed by atoms with E-state index in [1.807, 2.05) is 13.0 Å². The van der Waals surface area contributed by atoms with Crippen LogP contribution in [0, 0.1) is 6.92 Å². The summed E-state index contributed by atoms with van der Waals surface area (Å²) in [4.78, 5) is 0. The van der Waals surface area contributed by atoms with Crippen LogP contribution in [0.25, 0.3) is 0 Å². The van der Waals surface area contributed by atoms with Gasteiger partial charge in [0.2, 0.25) is 0 Å². The van der Waals surface area contributed by atoms with Gasteiger partial charge in [-0.2, -0.15) is 0 Å². The lowest BCUT2D eigenvalue weighted by Gasteiger charge is -2.08. The van der Waals surface area contributed by atoms with E-state index in [1.165, 1.54) is 0 Å². The first-order valence-electron chi connectivity index (χ1n) is 3.89. The number of hydroxylamine groups is 1. The van der Waals surface area contributed by atoms with E-state index < -0.39 is 0 Å². The van der Waals surface area contributed by atoms with Gasteiger partial charge in [-0.25, -0.2) is 5.48 Å². The van der Waals surface area contributed by atoms with Crippen LogP contribution >= 0.6 is 11.6 Å². The minimum Gasteiger partial charge on any atom is -0.495 e. The molecule has 0 atom stereocenters. The first-order valence-corrected chi connectivity index (χ1v) is 4.26. The third-order valence-corrected chi connectivity index (χ3v) is 2.18. The molecule has 0 aliphatic rings. The summed E-state index contributed by atoms with van der Waals surface area (Å²) in [7, 11) is 1.57. The number of methoxy groups -OCH3 is 1. The maximum atomic E-state index is 8.54. The van der Waals surface area contributed by atoms with Gasteiger partial charge in [0.15, 0.2) is 0 Å². The minimum atomic E-state index is 0.384. The number of rotatable bonds is 3. The van der Waals surface area contributed by atoms with Crippen LogP contribution < -0.4 is 10.2 Å². The molecule has 0 spiro atoms. The third kappa shape index (κ3) is 2.34. The summed E-state index contributed by atoms with van der Waals surface area (Å²) in [5.41, 5.74) is 4.07. The molecule has 0 radical (unpaired) electrons. The molecule has 0 aliphatic heterocycles. The molecular weight excluding hydrogens is 190 g/mol. The van der Waals surface area contributed by atoms with Crippen molar-refractivity contribution in [2.24, 2.45) is 0 Å². The van der Waals surface area contributed by atoms with Crippen molar-refractivity contribution >= 4 is 11.6 Å². The Morgan fingerprint density at radius 2 is 2.23 bits per heavy atom. The van der Waals surface area contributed by atoms with Crippen LogP contribution in [-0.2, 0) is 6.54 Å². The van der Waals surface area contributed by atoms with Gasteiger partial charge in [0.05, 0.1) is 12.1 Å². The molecule has 13 heavy (non-hydrogen) atoms. The highest BCUT2D eigenvalue weighted by atomic mass is 35.5. The van der Waals surface area contributed by atoms with Gasteiger partial charge in [-0.3, -0.25) is 0 Å². The fourth-order valence-corrected chi connectivity index (χ4v) is 1.39. The molecule has 0 saturated heterocycles. The Morgan fingerprint density at radius 1 is 1.54 bits per heavy atom. The van der Waals surface area contributed by atoms with Gasteiger partial charge in [0, 0.05) is 6.54 Å². The molecule has 0 aromatic heterocycles. The monoisotopic (exact) mass is 201 g/mol. The number of benzene rings is 1. The predicted octanol–water partition coefficient (Wildman–Crippen LogP) is 2.14. The lowest BCUT2D eigenvalue weighted by molar-refractivity contribution is 0.161. The van der Waals surface area contributed by atoms with Gasteiger partial charge >= 0.3 is 0 Å². The molecule has 0 saturated carbocycles. The summed E-state index contributed by atoms with van der Waals surface area (Å²) in [5.74, 6) is 0.654. The van der Waals surface area contributed by atoms with E-state index in [0.717, 1.165) is 11.1 Å². The van der Waals surface area contributed by atoms with Crippen molar-refractivity contribution in [3.63, 3.8) is 0 Å². The molecule has 0 amide bonds. The summed E-state index contributed by atoms with van der Waals surface area (Å²) in [5, 5.41) is 9.09. The van der Waals surface area contributed by atoms with Gasteiger partial charge in [0.25, 0.3) is 0 Å². The quantitative estimate of drug-likeness (QED) is 0.737. The Hall–Kier alpha value is -0.770. The van der Waals surface area contributed by atoms with Crippen LogP contribution in [0.5, 0.6) is 5.75 Å². The third-order valence-electron chi connectivity index (χ3n) is 1.88. The number of halogens is 1. The molecule has 4 heteroatoms. The molecule has 0 unspecified atom stereocenters. The van der Waals surface area contributed by atoms with Gasteiger partial charge < -0.3 is 9.94 Å². The molecule has 1 rings (SSSR count). The highest BCUT2D eigenvalue weighted by Crippen LogP contribution is 2.27. The van der Waals surface area contributed by atoms with E-state index in [9.17, 15) is 0 Å². The van der Waals surface area contributed by atoms with Crippen molar-refractivity contribution in [1.82, 2.24) is 5.48 Å². The Kier molecular flexibility index (Phi) is 3.54. The topological polar surface area (TPSA) is 41.5 Å². The zero-order chi connectivity index (χ0) is 9.84. The van der Waals surface area contributed by atoms with Crippen molar-refractivity contribution in [2.75, 3.05) is 7.11 Å². The van der Waals surface area contributed by atoms with Crippen molar-refractivity contribution in [2.45, 2.75) is 13.5 Å². The second kappa shape index (κ2) is 4.46. The van der Waals surface area contributed by atoms with Crippen LogP contribution in [0.4, 0.5) is 0 Å². The van der Waals surface area contributed by atoms with Crippen LogP contribution in [-0.4, -0.2) is 12.3 Å². The number of hydrogen-bond acceptors (Lipinski definition) is 3. The zero-order valence-electron chi connectivity index (χ0n) is 7.60. The van der Waals surface area contributed by atoms with E-state index in [4.69, 9.17) is 21.5 Å². The highest BCUT2D eigenvalue weighted by Gasteiger charge is 2.05. The molecular formula is C9H12ClNO2. The lowest BCUT2D eigenvalue weighted by Crippen LogP contribution is -2.07. The summed E-state index contributed by atoms with van der Waals surface area (Å²) < 4.78 is 5.04. The van der Waals surface area contributed by atoms with Crippen LogP contribution in [0.2, 0.25) is 5.02 Å². The zero-order valence-corrected chi connectivity index (χ0v) is 8.35. The molecule has 72 valence electrons. The van der Waals surface area contributed by atoms with Gasteiger partial charge in [-0.05, 0) is 30.2 Å². The number of aryl methyl sites for hydroxylation is 1. The Balaban J connectivity index is 3.05. The van der Waals surface area contributed by atoms with E-state index >= 15 is 0 Å². The van der Waals surface area contributed by atoms with Crippen molar-refractivity contribution in [3.8, 4) is 5.75 Å². The highest BCUT2D eigenvalue weighted by molar-refractivity contribution is 6.32. The summed E-state index contributed by atoms with van der Waals surface area (Å²) >= 11 is 5.90. The molecule has 2 N–H and O–H groups in total. The first-order chi connectivity index (χ1) is 6.19. The van der Waals surface area contributed by atoms with Crippen LogP contribution in [0.15, 0.2) is 12.1 Å². The second-order valence-corrected chi connectivity index (χ2v) is 3.16. The average molecular weight is 202 g/mol. The minimum absolute atomic E-state index is 0.384. The molecule has 0 bridgehead atoms. The summed E-state index contributed by atoms with van der Waals surface area (Å²) in [6.45, 7) is 2.32. The molecule has 1 aromatic carbocycles. The van der Waals surface area contributed by atoms with Crippen molar-refractivity contribution in [3.05, 3.63) is 28.3 Å². The maximum Gasteiger partial charge on any atom is 0.137 e. The molecule has 0 heterocycles. The Labute approximate surface area is 82.2 Å². The largest absolute Gasteiger partial charge is 0.495 e. The molecule has 0 aliphatic carbocycles. The smallest absolute Gasteiger partial charge is 0.137 e. The summed E-state index contributed by atoms with van der Waals surface area (Å²) in [6.07, 6.45) is 0. The fraction of sp³-hybridized carbons (Fsp3) is 0.333. The first kappa shape index (κ1) is 10.3. The number of ether oxygens (including phenoxy) is 1. The second-order valence-electron chi connectivity index (χ2n) is 2.75. The maximum absolute atomic E-state index is 8.54. The van der Waals surface area contributed by atoms with E-state index in [2.05, 4.69) is 5.48 Å². The number of nitrogens with one attached hydrogen (secondary N) is 1. The summed E-state index contributed by atoms with van der Waals surface area (Å²) in [6, 6.07) is 3.62. The number of hydrogen-bond donors (Lipinski definition) is 2. The van der Waals surface area contributed by atoms with Gasteiger partial charge in [0.1, 0.15) is 5.75 Å². The van der Waals surface area contributed by atoms with Crippen molar-refractivity contribution < 1.29 is 9.94 Å². The Bertz CT molecular complexity index is 302. The molecule has 0 fully saturated rings. The van der Waals surface area contributed by atoms with E-state index in [-0.39, 0.29) is 0 Å². The average Bonchev–Trinajstić information content (AvgIpc) is 2.11. The predicted molar refractivity (Wildman–Crippen MR) is 51.4 cm³/mol. The van der Waals surface area contributed by atoms with Gasteiger partial charge in [-0.15, -0.1) is 0 Å². The van der Waals surface area contributed by atoms with Crippen molar-refractivity contribution in [1.29, 1.82) is 0 Å². The molecule has 1 aromatic rings. The Morgan fingerprint density at radius 3 is 2.77 bits per heavy atom. The standard InChI is InChI=1S/C9H12ClNO2/c1-6-3-9(13-2)8(10)4-7(6)5-11-12/h3-4,11-12H,5H2,1-2H3.